The first-order valence-electron chi connectivity index (χ1n) is 12.1. The number of benzene rings is 3. The molecule has 11 heteroatoms. The molecule has 0 bridgehead atoms. The van der Waals surface area contributed by atoms with Crippen LogP contribution < -0.4 is 4.90 Å². The van der Waals surface area contributed by atoms with Gasteiger partial charge < -0.3 is 4.90 Å². The zero-order valence-corrected chi connectivity index (χ0v) is 20.5. The van der Waals surface area contributed by atoms with E-state index >= 15 is 0 Å². The Morgan fingerprint density at radius 1 is 0.846 bits per heavy atom. The number of hydrogen-bond donors (Lipinski definition) is 0. The number of carbonyl (C=O) groups is 3. The highest BCUT2D eigenvalue weighted by Gasteiger charge is 2.64. The number of nitro groups is 2. The van der Waals surface area contributed by atoms with Crippen molar-refractivity contribution in [2.24, 2.45) is 11.8 Å². The van der Waals surface area contributed by atoms with Gasteiger partial charge in [0.15, 0.2) is 5.78 Å². The molecule has 6 rings (SSSR count). The largest absolute Gasteiger partial charge is 0.358 e. The van der Waals surface area contributed by atoms with Crippen LogP contribution in [0.4, 0.5) is 17.1 Å². The van der Waals surface area contributed by atoms with Crippen LogP contribution in [0.3, 0.4) is 0 Å². The Labute approximate surface area is 221 Å². The van der Waals surface area contributed by atoms with Crippen LogP contribution >= 0.6 is 0 Å². The van der Waals surface area contributed by atoms with E-state index in [-0.39, 0.29) is 22.6 Å². The summed E-state index contributed by atoms with van der Waals surface area (Å²) in [7, 11) is 0. The second-order valence-corrected chi connectivity index (χ2v) is 9.74. The summed E-state index contributed by atoms with van der Waals surface area (Å²) in [5.41, 5.74) is 1.70. The second kappa shape index (κ2) is 8.69. The number of ketones is 1. The number of rotatable bonds is 5. The minimum absolute atomic E-state index is 0.0473. The Balaban J connectivity index is 1.51. The van der Waals surface area contributed by atoms with E-state index in [0.717, 1.165) is 22.1 Å². The predicted octanol–water partition coefficient (Wildman–Crippen LogP) is 4.21. The highest BCUT2D eigenvalue weighted by Crippen LogP contribution is 2.54. The van der Waals surface area contributed by atoms with Crippen LogP contribution in [0.2, 0.25) is 0 Å². The molecule has 11 nitrogen and oxygen atoms in total. The summed E-state index contributed by atoms with van der Waals surface area (Å²) in [4.78, 5) is 66.3. The Morgan fingerprint density at radius 2 is 1.54 bits per heavy atom. The molecule has 4 atom stereocenters. The van der Waals surface area contributed by atoms with E-state index in [2.05, 4.69) is 0 Å². The highest BCUT2D eigenvalue weighted by molar-refractivity contribution is 6.25. The van der Waals surface area contributed by atoms with Crippen molar-refractivity contribution in [3.05, 3.63) is 115 Å². The summed E-state index contributed by atoms with van der Waals surface area (Å²) >= 11 is 0. The minimum Gasteiger partial charge on any atom is -0.358 e. The van der Waals surface area contributed by atoms with E-state index in [9.17, 15) is 34.6 Å². The SMILES string of the molecule is Cc1ccc([N+](=O)[O-])cc1N1C(=O)[C@@H]2[C@H](C1=O)[C@H]1c3ccccc3C=CN1[C@@H]2C(=O)c1cccc([N+](=O)[O-])c1. The average Bonchev–Trinajstić information content (AvgIpc) is 3.41. The number of aryl methyl sites for hydroxylation is 1. The molecular formula is C28H20N4O7. The summed E-state index contributed by atoms with van der Waals surface area (Å²) in [5.74, 6) is -3.78. The monoisotopic (exact) mass is 524 g/mol. The Hall–Kier alpha value is -5.19. The van der Waals surface area contributed by atoms with Gasteiger partial charge in [-0.25, -0.2) is 4.90 Å². The van der Waals surface area contributed by atoms with Crippen LogP contribution in [0, 0.1) is 39.0 Å². The van der Waals surface area contributed by atoms with E-state index in [1.807, 2.05) is 24.3 Å². The number of anilines is 1. The molecule has 3 aromatic carbocycles. The highest BCUT2D eigenvalue weighted by atomic mass is 16.6. The van der Waals surface area contributed by atoms with Crippen molar-refractivity contribution >= 4 is 40.7 Å². The number of imide groups is 1. The van der Waals surface area contributed by atoms with E-state index < -0.39 is 51.4 Å². The van der Waals surface area contributed by atoms with Gasteiger partial charge in [-0.05, 0) is 29.7 Å². The molecule has 194 valence electrons. The molecule has 2 fully saturated rings. The van der Waals surface area contributed by atoms with Crippen LogP contribution in [-0.4, -0.2) is 38.4 Å². The average molecular weight is 524 g/mol. The quantitative estimate of drug-likeness (QED) is 0.209. The van der Waals surface area contributed by atoms with E-state index in [1.165, 1.54) is 36.4 Å². The lowest BCUT2D eigenvalue weighted by Crippen LogP contribution is -2.44. The van der Waals surface area contributed by atoms with Crippen molar-refractivity contribution in [3.63, 3.8) is 0 Å². The standard InChI is InChI=1S/C28H20N4O7/c1-15-9-10-19(32(38)39)14-21(15)30-27(34)22-23(28(30)35)25(26(33)17-6-4-7-18(13-17)31(36)37)29-12-11-16-5-2-3-8-20(16)24(22)29/h2-14,22-25H,1H3/t22-,23+,24+,25-/m0/s1. The van der Waals surface area contributed by atoms with Crippen LogP contribution in [0.5, 0.6) is 0 Å². The molecule has 2 saturated heterocycles. The van der Waals surface area contributed by atoms with Gasteiger partial charge in [0, 0.05) is 36.0 Å². The van der Waals surface area contributed by atoms with Gasteiger partial charge in [-0.15, -0.1) is 0 Å². The zero-order valence-electron chi connectivity index (χ0n) is 20.5. The van der Waals surface area contributed by atoms with Crippen LogP contribution in [-0.2, 0) is 9.59 Å². The molecule has 0 spiro atoms. The third-order valence-corrected chi connectivity index (χ3v) is 7.72. The lowest BCUT2D eigenvalue weighted by Gasteiger charge is -2.35. The Morgan fingerprint density at radius 3 is 2.28 bits per heavy atom. The molecule has 0 saturated carbocycles. The number of fused-ring (bicyclic) bond motifs is 5. The second-order valence-electron chi connectivity index (χ2n) is 9.74. The molecule has 0 aliphatic carbocycles. The van der Waals surface area contributed by atoms with Gasteiger partial charge in [0.1, 0.15) is 6.04 Å². The molecule has 0 radical (unpaired) electrons. The van der Waals surface area contributed by atoms with Gasteiger partial charge in [0.2, 0.25) is 11.8 Å². The fourth-order valence-corrected chi connectivity index (χ4v) is 5.99. The number of hydrogen-bond acceptors (Lipinski definition) is 8. The molecule has 0 N–H and O–H groups in total. The summed E-state index contributed by atoms with van der Waals surface area (Å²) < 4.78 is 0. The number of Topliss-reactive ketones (excluding diaryl/α,β-unsaturated/α-hetero) is 1. The zero-order chi connectivity index (χ0) is 27.6. The predicted molar refractivity (Wildman–Crippen MR) is 139 cm³/mol. The van der Waals surface area contributed by atoms with E-state index in [1.54, 1.807) is 24.1 Å². The smallest absolute Gasteiger partial charge is 0.271 e. The van der Waals surface area contributed by atoms with Crippen molar-refractivity contribution in [2.45, 2.75) is 19.0 Å². The molecule has 2 amide bonds. The normalized spacial score (nSPS) is 22.9. The summed E-state index contributed by atoms with van der Waals surface area (Å²) in [6.45, 7) is 1.64. The van der Waals surface area contributed by atoms with Crippen LogP contribution in [0.25, 0.3) is 6.08 Å². The Kier molecular flexibility index (Phi) is 5.38. The maximum atomic E-state index is 14.0. The first-order chi connectivity index (χ1) is 18.7. The summed E-state index contributed by atoms with van der Waals surface area (Å²) in [6.07, 6.45) is 3.49. The molecule has 3 aromatic rings. The maximum Gasteiger partial charge on any atom is 0.271 e. The molecule has 3 aliphatic rings. The molecular weight excluding hydrogens is 504 g/mol. The third kappa shape index (κ3) is 3.54. The maximum absolute atomic E-state index is 14.0. The first-order valence-corrected chi connectivity index (χ1v) is 12.1. The Bertz CT molecular complexity index is 1650. The van der Waals surface area contributed by atoms with Gasteiger partial charge in [0.25, 0.3) is 11.4 Å². The summed E-state index contributed by atoms with van der Waals surface area (Å²) in [5, 5.41) is 22.8. The molecule has 39 heavy (non-hydrogen) atoms. The van der Waals surface area contributed by atoms with Gasteiger partial charge >= 0.3 is 0 Å². The van der Waals surface area contributed by atoms with Crippen molar-refractivity contribution in [1.29, 1.82) is 0 Å². The molecule has 0 aromatic heterocycles. The van der Waals surface area contributed by atoms with Crippen molar-refractivity contribution in [2.75, 3.05) is 4.90 Å². The number of carbonyl (C=O) groups excluding carboxylic acids is 3. The lowest BCUT2D eigenvalue weighted by atomic mass is 9.83. The van der Waals surface area contributed by atoms with Crippen molar-refractivity contribution < 1.29 is 24.2 Å². The van der Waals surface area contributed by atoms with Gasteiger partial charge in [-0.2, -0.15) is 0 Å². The van der Waals surface area contributed by atoms with Gasteiger partial charge in [-0.1, -0.05) is 42.5 Å². The number of non-ortho nitro benzene ring substituents is 2. The van der Waals surface area contributed by atoms with Gasteiger partial charge in [0.05, 0.1) is 33.4 Å². The summed E-state index contributed by atoms with van der Waals surface area (Å²) in [6, 6.07) is 14.8. The minimum atomic E-state index is -1.12. The van der Waals surface area contributed by atoms with Crippen LogP contribution in [0.15, 0.2) is 72.9 Å². The van der Waals surface area contributed by atoms with E-state index in [4.69, 9.17) is 0 Å². The fraction of sp³-hybridized carbons (Fsp3) is 0.179. The van der Waals surface area contributed by atoms with Gasteiger partial charge in [-0.3, -0.25) is 34.6 Å². The van der Waals surface area contributed by atoms with Crippen molar-refractivity contribution in [1.82, 2.24) is 4.90 Å². The first kappa shape index (κ1) is 24.2. The lowest BCUT2D eigenvalue weighted by molar-refractivity contribution is -0.385. The topological polar surface area (TPSA) is 144 Å². The number of amides is 2. The molecule has 3 aliphatic heterocycles. The fourth-order valence-electron chi connectivity index (χ4n) is 5.99. The third-order valence-electron chi connectivity index (χ3n) is 7.72. The molecule has 0 unspecified atom stereocenters. The number of nitrogens with zero attached hydrogens (tertiary/aromatic N) is 4. The number of nitro benzene ring substituents is 2. The van der Waals surface area contributed by atoms with Crippen molar-refractivity contribution in [3.8, 4) is 0 Å². The van der Waals surface area contributed by atoms with E-state index in [0.29, 0.717) is 5.56 Å². The molecule has 3 heterocycles. The van der Waals surface area contributed by atoms with Crippen LogP contribution in [0.1, 0.15) is 33.1 Å².